The van der Waals surface area contributed by atoms with Crippen molar-refractivity contribution in [1.82, 2.24) is 9.59 Å². The number of benzene rings is 1. The maximum Gasteiger partial charge on any atom is 0.134 e. The Hall–Kier alpha value is -1.69. The van der Waals surface area contributed by atoms with Gasteiger partial charge in [0, 0.05) is 31.3 Å². The van der Waals surface area contributed by atoms with Crippen molar-refractivity contribution in [3.8, 4) is 0 Å². The van der Waals surface area contributed by atoms with Crippen LogP contribution in [0.5, 0.6) is 0 Å². The molecule has 2 aromatic rings. The first-order chi connectivity index (χ1) is 8.20. The van der Waals surface area contributed by atoms with Crippen molar-refractivity contribution in [2.75, 3.05) is 24.3 Å². The number of nitrogens with zero attached hydrogens (tertiary/aromatic N) is 3. The van der Waals surface area contributed by atoms with Gasteiger partial charge in [-0.25, -0.2) is 4.39 Å². The molecule has 0 amide bonds. The molecule has 6 heteroatoms. The molecule has 0 aliphatic carbocycles. The van der Waals surface area contributed by atoms with Crippen LogP contribution in [0.2, 0.25) is 0 Å². The number of anilines is 2. The lowest BCUT2D eigenvalue weighted by Gasteiger charge is -2.18. The summed E-state index contributed by atoms with van der Waals surface area (Å²) in [6.45, 7) is 0.637. The van der Waals surface area contributed by atoms with Gasteiger partial charge in [0.25, 0.3) is 0 Å². The van der Waals surface area contributed by atoms with Gasteiger partial charge in [-0.2, -0.15) is 0 Å². The predicted octanol–water partition coefficient (Wildman–Crippen LogP) is 2.36. The Labute approximate surface area is 103 Å². The molecule has 0 bridgehead atoms. The van der Waals surface area contributed by atoms with Crippen LogP contribution in [0.4, 0.5) is 15.1 Å². The Morgan fingerprint density at radius 1 is 1.35 bits per heavy atom. The van der Waals surface area contributed by atoms with Crippen LogP contribution in [0, 0.1) is 5.82 Å². The van der Waals surface area contributed by atoms with E-state index >= 15 is 0 Å². The van der Waals surface area contributed by atoms with Crippen LogP contribution >= 0.6 is 11.5 Å². The van der Waals surface area contributed by atoms with Gasteiger partial charge in [0.05, 0.1) is 6.54 Å². The molecule has 1 aromatic carbocycles. The van der Waals surface area contributed by atoms with E-state index in [1.165, 1.54) is 23.7 Å². The van der Waals surface area contributed by atoms with Crippen molar-refractivity contribution in [3.05, 3.63) is 35.8 Å². The molecule has 90 valence electrons. The molecule has 0 aliphatic rings. The van der Waals surface area contributed by atoms with Gasteiger partial charge >= 0.3 is 0 Å². The molecule has 0 spiro atoms. The maximum absolute atomic E-state index is 12.8. The first-order valence-corrected chi connectivity index (χ1v) is 5.93. The predicted molar refractivity (Wildman–Crippen MR) is 68.0 cm³/mol. The Morgan fingerprint density at radius 2 is 2.06 bits per heavy atom. The van der Waals surface area contributed by atoms with E-state index in [1.807, 2.05) is 19.0 Å². The highest BCUT2D eigenvalue weighted by molar-refractivity contribution is 7.10. The molecule has 0 atom stereocenters. The summed E-state index contributed by atoms with van der Waals surface area (Å²) in [6, 6.07) is 6.39. The fourth-order valence-corrected chi connectivity index (χ4v) is 2.04. The van der Waals surface area contributed by atoms with Crippen LogP contribution in [-0.2, 0) is 6.54 Å². The second-order valence-corrected chi connectivity index (χ2v) is 4.39. The van der Waals surface area contributed by atoms with Gasteiger partial charge in [0.2, 0.25) is 0 Å². The zero-order valence-corrected chi connectivity index (χ0v) is 10.5. The van der Waals surface area contributed by atoms with E-state index in [0.717, 1.165) is 16.4 Å². The molecule has 2 rings (SSSR count). The van der Waals surface area contributed by atoms with E-state index in [4.69, 9.17) is 0 Å². The van der Waals surface area contributed by atoms with E-state index in [0.29, 0.717) is 6.54 Å². The summed E-state index contributed by atoms with van der Waals surface area (Å²) in [6.07, 6.45) is 0. The second kappa shape index (κ2) is 5.09. The van der Waals surface area contributed by atoms with Gasteiger partial charge in [0.1, 0.15) is 16.5 Å². The normalized spacial score (nSPS) is 10.3. The molecule has 4 nitrogen and oxygen atoms in total. The zero-order chi connectivity index (χ0) is 12.3. The van der Waals surface area contributed by atoms with Crippen molar-refractivity contribution in [1.29, 1.82) is 0 Å². The molecular formula is C11H13FN4S. The number of nitrogens with one attached hydrogen (secondary N) is 1. The summed E-state index contributed by atoms with van der Waals surface area (Å²) in [5.74, 6) is -0.228. The van der Waals surface area contributed by atoms with Gasteiger partial charge < -0.3 is 10.2 Å². The summed E-state index contributed by atoms with van der Waals surface area (Å²) in [4.78, 5) is 2.00. The number of hydrogen-bond donors (Lipinski definition) is 1. The highest BCUT2D eigenvalue weighted by Crippen LogP contribution is 2.21. The minimum atomic E-state index is -0.228. The van der Waals surface area contributed by atoms with Gasteiger partial charge in [-0.15, -0.1) is 5.10 Å². The smallest absolute Gasteiger partial charge is 0.134 e. The summed E-state index contributed by atoms with van der Waals surface area (Å²) in [7, 11) is 3.78. The SMILES string of the molecule is CNc1snnc1CN(C)c1ccc(F)cc1. The third-order valence-corrected chi connectivity index (χ3v) is 3.22. The van der Waals surface area contributed by atoms with Crippen LogP contribution in [0.25, 0.3) is 0 Å². The highest BCUT2D eigenvalue weighted by Gasteiger charge is 2.09. The van der Waals surface area contributed by atoms with Crippen LogP contribution in [0.1, 0.15) is 5.69 Å². The van der Waals surface area contributed by atoms with E-state index in [2.05, 4.69) is 14.9 Å². The van der Waals surface area contributed by atoms with Gasteiger partial charge in [0.15, 0.2) is 0 Å². The van der Waals surface area contributed by atoms with E-state index < -0.39 is 0 Å². The Morgan fingerprint density at radius 3 is 2.71 bits per heavy atom. The Bertz CT molecular complexity index is 482. The summed E-state index contributed by atoms with van der Waals surface area (Å²) >= 11 is 1.33. The monoisotopic (exact) mass is 252 g/mol. The Balaban J connectivity index is 2.11. The van der Waals surface area contributed by atoms with E-state index in [-0.39, 0.29) is 5.82 Å². The molecule has 17 heavy (non-hydrogen) atoms. The standard InChI is InChI=1S/C11H13FN4S/c1-13-11-10(14-15-17-11)7-16(2)9-5-3-8(12)4-6-9/h3-6,13H,7H2,1-2H3. The van der Waals surface area contributed by atoms with Crippen LogP contribution in [0.15, 0.2) is 24.3 Å². The van der Waals surface area contributed by atoms with Crippen molar-refractivity contribution >= 4 is 22.2 Å². The Kier molecular flexibility index (Phi) is 3.53. The number of aromatic nitrogens is 2. The average Bonchev–Trinajstić information content (AvgIpc) is 2.77. The highest BCUT2D eigenvalue weighted by atomic mass is 32.1. The molecular weight excluding hydrogens is 239 g/mol. The van der Waals surface area contributed by atoms with Crippen LogP contribution in [0.3, 0.4) is 0 Å². The molecule has 1 N–H and O–H groups in total. The second-order valence-electron chi connectivity index (χ2n) is 3.63. The third-order valence-electron chi connectivity index (χ3n) is 2.44. The molecule has 1 aromatic heterocycles. The maximum atomic E-state index is 12.8. The molecule has 1 heterocycles. The van der Waals surface area contributed by atoms with E-state index in [9.17, 15) is 4.39 Å². The lowest BCUT2D eigenvalue weighted by atomic mass is 10.3. The fourth-order valence-electron chi connectivity index (χ4n) is 1.51. The quantitative estimate of drug-likeness (QED) is 0.907. The molecule has 0 saturated carbocycles. The van der Waals surface area contributed by atoms with Crippen molar-refractivity contribution in [2.45, 2.75) is 6.54 Å². The summed E-state index contributed by atoms with van der Waals surface area (Å²) in [5.41, 5.74) is 1.84. The van der Waals surface area contributed by atoms with Gasteiger partial charge in [-0.1, -0.05) is 4.49 Å². The lowest BCUT2D eigenvalue weighted by molar-refractivity contribution is 0.627. The molecule has 0 unspecified atom stereocenters. The van der Waals surface area contributed by atoms with Crippen molar-refractivity contribution in [2.24, 2.45) is 0 Å². The molecule has 0 fully saturated rings. The topological polar surface area (TPSA) is 41.1 Å². The van der Waals surface area contributed by atoms with Crippen LogP contribution < -0.4 is 10.2 Å². The zero-order valence-electron chi connectivity index (χ0n) is 9.64. The molecule has 0 radical (unpaired) electrons. The minimum Gasteiger partial charge on any atom is -0.377 e. The first kappa shape index (κ1) is 11.8. The lowest BCUT2D eigenvalue weighted by Crippen LogP contribution is -2.17. The van der Waals surface area contributed by atoms with Crippen molar-refractivity contribution in [3.63, 3.8) is 0 Å². The third kappa shape index (κ3) is 2.71. The summed E-state index contributed by atoms with van der Waals surface area (Å²) < 4.78 is 16.7. The number of halogens is 1. The first-order valence-electron chi connectivity index (χ1n) is 5.16. The number of rotatable bonds is 4. The van der Waals surface area contributed by atoms with Gasteiger partial charge in [-0.05, 0) is 24.3 Å². The minimum absolute atomic E-state index is 0.228. The fraction of sp³-hybridized carbons (Fsp3) is 0.273. The van der Waals surface area contributed by atoms with Gasteiger partial charge in [-0.3, -0.25) is 0 Å². The van der Waals surface area contributed by atoms with Crippen molar-refractivity contribution < 1.29 is 4.39 Å². The molecule has 0 saturated heterocycles. The number of hydrogen-bond acceptors (Lipinski definition) is 5. The van der Waals surface area contributed by atoms with E-state index in [1.54, 1.807) is 12.1 Å². The average molecular weight is 252 g/mol. The van der Waals surface area contributed by atoms with Crippen LogP contribution in [-0.4, -0.2) is 23.7 Å². The summed E-state index contributed by atoms with van der Waals surface area (Å²) in [5, 5.41) is 8.07. The largest absolute Gasteiger partial charge is 0.377 e. The molecule has 0 aliphatic heterocycles.